The Bertz CT molecular complexity index is 1160. The summed E-state index contributed by atoms with van der Waals surface area (Å²) in [4.78, 5) is 28.4. The van der Waals surface area contributed by atoms with E-state index in [1.54, 1.807) is 0 Å². The molecule has 4 rings (SSSR count). The minimum atomic E-state index is -0.512. The summed E-state index contributed by atoms with van der Waals surface area (Å²) in [6.07, 6.45) is 0. The van der Waals surface area contributed by atoms with E-state index in [4.69, 9.17) is 0 Å². The van der Waals surface area contributed by atoms with Crippen molar-refractivity contribution < 1.29 is 4.92 Å². The second kappa shape index (κ2) is 5.24. The number of rotatable bonds is 2. The van der Waals surface area contributed by atoms with E-state index in [2.05, 4.69) is 4.98 Å². The fourth-order valence-corrected chi connectivity index (χ4v) is 3.54. The lowest BCUT2D eigenvalue weighted by atomic mass is 10.1. The lowest BCUT2D eigenvalue weighted by molar-refractivity contribution is -0.384. The van der Waals surface area contributed by atoms with E-state index in [9.17, 15) is 14.9 Å². The zero-order chi connectivity index (χ0) is 16.8. The van der Waals surface area contributed by atoms with Gasteiger partial charge in [0.1, 0.15) is 0 Å². The molecule has 0 amide bonds. The van der Waals surface area contributed by atoms with Gasteiger partial charge in [-0.2, -0.15) is 0 Å². The van der Waals surface area contributed by atoms with Crippen molar-refractivity contribution >= 4 is 32.9 Å². The van der Waals surface area contributed by atoms with Crippen molar-refractivity contribution in [3.05, 3.63) is 73.9 Å². The third-order valence-electron chi connectivity index (χ3n) is 3.90. The van der Waals surface area contributed by atoms with Crippen molar-refractivity contribution in [2.45, 2.75) is 6.92 Å². The molecule has 118 valence electrons. The predicted octanol–water partition coefficient (Wildman–Crippen LogP) is 3.79. The predicted molar refractivity (Wildman–Crippen MR) is 93.7 cm³/mol. The highest BCUT2D eigenvalue weighted by Gasteiger charge is 2.15. The van der Waals surface area contributed by atoms with Gasteiger partial charge in [-0.15, -0.1) is 11.3 Å². The summed E-state index contributed by atoms with van der Waals surface area (Å²) in [7, 11) is 0. The quantitative estimate of drug-likeness (QED) is 0.412. The lowest BCUT2D eigenvalue weighted by Gasteiger charge is -2.04. The van der Waals surface area contributed by atoms with E-state index in [-0.39, 0.29) is 16.6 Å². The van der Waals surface area contributed by atoms with E-state index >= 15 is 0 Å². The van der Waals surface area contributed by atoms with E-state index in [1.165, 1.54) is 33.9 Å². The van der Waals surface area contributed by atoms with Crippen molar-refractivity contribution in [1.29, 1.82) is 0 Å². The van der Waals surface area contributed by atoms with E-state index in [0.29, 0.717) is 10.5 Å². The number of nitrogens with zero attached hydrogens (tertiary/aromatic N) is 3. The maximum atomic E-state index is 12.9. The van der Waals surface area contributed by atoms with Gasteiger partial charge >= 0.3 is 0 Å². The zero-order valence-electron chi connectivity index (χ0n) is 12.6. The Hall–Kier alpha value is -3.06. The second-order valence-corrected chi connectivity index (χ2v) is 6.32. The van der Waals surface area contributed by atoms with Crippen molar-refractivity contribution in [3.63, 3.8) is 0 Å². The highest BCUT2D eigenvalue weighted by atomic mass is 32.1. The van der Waals surface area contributed by atoms with Crippen molar-refractivity contribution in [3.8, 4) is 11.3 Å². The Labute approximate surface area is 139 Å². The summed E-state index contributed by atoms with van der Waals surface area (Å²) < 4.78 is 1.52. The summed E-state index contributed by atoms with van der Waals surface area (Å²) in [6.45, 7) is 2.00. The maximum Gasteiger partial charge on any atom is 0.270 e. The Morgan fingerprint density at radius 3 is 2.62 bits per heavy atom. The van der Waals surface area contributed by atoms with Gasteiger partial charge in [-0.3, -0.25) is 19.3 Å². The summed E-state index contributed by atoms with van der Waals surface area (Å²) >= 11 is 1.37. The minimum Gasteiger partial charge on any atom is -0.268 e. The van der Waals surface area contributed by atoms with Gasteiger partial charge in [0.15, 0.2) is 4.96 Å². The molecular weight excluding hydrogens is 326 g/mol. The van der Waals surface area contributed by atoms with Crippen LogP contribution in [-0.4, -0.2) is 14.3 Å². The molecule has 0 saturated heterocycles. The maximum absolute atomic E-state index is 12.9. The Balaban J connectivity index is 2.06. The fourth-order valence-electron chi connectivity index (χ4n) is 2.64. The zero-order valence-corrected chi connectivity index (χ0v) is 13.4. The molecule has 7 heteroatoms. The number of hydrogen-bond acceptors (Lipinski definition) is 5. The number of non-ortho nitro benzene ring substituents is 1. The standard InChI is InChI=1S/C17H11N3O3S/c1-10-2-4-11(5-3-10)15-9-24-17-18-14-7-6-12(20(22)23)8-13(14)16(21)19(15)17/h2-9H,1H3. The van der Waals surface area contributed by atoms with Crippen molar-refractivity contribution in [1.82, 2.24) is 9.38 Å². The van der Waals surface area contributed by atoms with Crippen LogP contribution in [0.4, 0.5) is 5.69 Å². The van der Waals surface area contributed by atoms with E-state index < -0.39 is 4.92 Å². The molecule has 0 aliphatic rings. The van der Waals surface area contributed by atoms with Crippen LogP contribution in [0.1, 0.15) is 5.56 Å². The molecule has 4 aromatic rings. The number of hydrogen-bond donors (Lipinski definition) is 0. The summed E-state index contributed by atoms with van der Waals surface area (Å²) in [5.41, 5.74) is 2.82. The fraction of sp³-hybridized carbons (Fsp3) is 0.0588. The molecule has 0 spiro atoms. The molecule has 2 aromatic carbocycles. The van der Waals surface area contributed by atoms with Crippen LogP contribution in [0.3, 0.4) is 0 Å². The van der Waals surface area contributed by atoms with Crippen LogP contribution in [0.25, 0.3) is 27.1 Å². The summed E-state index contributed by atoms with van der Waals surface area (Å²) in [5.74, 6) is 0. The molecule has 0 aliphatic carbocycles. The average Bonchev–Trinajstić information content (AvgIpc) is 2.99. The molecule has 0 fully saturated rings. The number of nitro groups is 1. The highest BCUT2D eigenvalue weighted by Crippen LogP contribution is 2.26. The molecule has 0 radical (unpaired) electrons. The first kappa shape index (κ1) is 14.5. The average molecular weight is 337 g/mol. The molecule has 0 aliphatic heterocycles. The second-order valence-electron chi connectivity index (χ2n) is 5.48. The van der Waals surface area contributed by atoms with Crippen molar-refractivity contribution in [2.75, 3.05) is 0 Å². The lowest BCUT2D eigenvalue weighted by Crippen LogP contribution is -2.14. The number of nitro benzene ring substituents is 1. The van der Waals surface area contributed by atoms with Gasteiger partial charge in [0.05, 0.1) is 21.5 Å². The third-order valence-corrected chi connectivity index (χ3v) is 4.72. The number of benzene rings is 2. The minimum absolute atomic E-state index is 0.117. The summed E-state index contributed by atoms with van der Waals surface area (Å²) in [6, 6.07) is 12.0. The van der Waals surface area contributed by atoms with Crippen LogP contribution in [-0.2, 0) is 0 Å². The van der Waals surface area contributed by atoms with Crippen molar-refractivity contribution in [2.24, 2.45) is 0 Å². The first-order valence-electron chi connectivity index (χ1n) is 7.20. The van der Waals surface area contributed by atoms with Gasteiger partial charge in [-0.25, -0.2) is 4.98 Å². The number of aryl methyl sites for hydroxylation is 1. The highest BCUT2D eigenvalue weighted by molar-refractivity contribution is 7.15. The normalized spacial score (nSPS) is 11.2. The van der Waals surface area contributed by atoms with Gasteiger partial charge in [0.2, 0.25) is 0 Å². The van der Waals surface area contributed by atoms with Gasteiger partial charge in [0.25, 0.3) is 11.2 Å². The monoisotopic (exact) mass is 337 g/mol. The van der Waals surface area contributed by atoms with Gasteiger partial charge < -0.3 is 0 Å². The Morgan fingerprint density at radius 2 is 1.92 bits per heavy atom. The number of aromatic nitrogens is 2. The van der Waals surface area contributed by atoms with Crippen LogP contribution in [0.5, 0.6) is 0 Å². The summed E-state index contributed by atoms with van der Waals surface area (Å²) in [5, 5.41) is 13.1. The smallest absolute Gasteiger partial charge is 0.268 e. The van der Waals surface area contributed by atoms with E-state index in [1.807, 2.05) is 36.6 Å². The van der Waals surface area contributed by atoms with E-state index in [0.717, 1.165) is 16.8 Å². The van der Waals surface area contributed by atoms with Gasteiger partial charge in [0, 0.05) is 17.5 Å². The molecule has 0 bridgehead atoms. The molecule has 2 heterocycles. The molecule has 0 saturated carbocycles. The van der Waals surface area contributed by atoms with Crippen LogP contribution in [0.15, 0.2) is 52.6 Å². The Kier molecular flexibility index (Phi) is 3.17. The van der Waals surface area contributed by atoms with Crippen LogP contribution >= 0.6 is 11.3 Å². The third kappa shape index (κ3) is 2.17. The first-order chi connectivity index (χ1) is 11.5. The van der Waals surface area contributed by atoms with Crippen LogP contribution in [0, 0.1) is 17.0 Å². The first-order valence-corrected chi connectivity index (χ1v) is 8.08. The molecule has 0 atom stereocenters. The largest absolute Gasteiger partial charge is 0.270 e. The molecular formula is C17H11N3O3S. The van der Waals surface area contributed by atoms with Gasteiger partial charge in [-0.05, 0) is 18.6 Å². The molecule has 24 heavy (non-hydrogen) atoms. The number of fused-ring (bicyclic) bond motifs is 2. The molecule has 6 nitrogen and oxygen atoms in total. The number of thiazole rings is 1. The van der Waals surface area contributed by atoms with Gasteiger partial charge in [-0.1, -0.05) is 29.8 Å². The van der Waals surface area contributed by atoms with Crippen LogP contribution in [0.2, 0.25) is 0 Å². The topological polar surface area (TPSA) is 77.5 Å². The molecule has 2 aromatic heterocycles. The molecule has 0 unspecified atom stereocenters. The SMILES string of the molecule is Cc1ccc(-c2csc3nc4ccc([N+](=O)[O-])cc4c(=O)n23)cc1. The Morgan fingerprint density at radius 1 is 1.17 bits per heavy atom. The van der Waals surface area contributed by atoms with Crippen LogP contribution < -0.4 is 5.56 Å². The molecule has 0 N–H and O–H groups in total.